The van der Waals surface area contributed by atoms with E-state index in [1.807, 2.05) is 0 Å². The van der Waals surface area contributed by atoms with Crippen molar-refractivity contribution in [2.45, 2.75) is 93.9 Å². The highest BCUT2D eigenvalue weighted by molar-refractivity contribution is 9.12. The van der Waals surface area contributed by atoms with Crippen molar-refractivity contribution in [3.63, 3.8) is 0 Å². The number of hydrogen-bond acceptors (Lipinski definition) is 0. The van der Waals surface area contributed by atoms with Crippen molar-refractivity contribution >= 4 is 121 Å². The van der Waals surface area contributed by atoms with Gasteiger partial charge in [-0.05, 0) is 149 Å². The van der Waals surface area contributed by atoms with Crippen molar-refractivity contribution in [1.29, 1.82) is 0 Å². The molecular weight excluding hydrogens is 926 g/mol. The highest BCUT2D eigenvalue weighted by Crippen LogP contribution is 2.49. The van der Waals surface area contributed by atoms with Crippen molar-refractivity contribution in [2.75, 3.05) is 0 Å². The van der Waals surface area contributed by atoms with Crippen molar-refractivity contribution in [3.8, 4) is 0 Å². The van der Waals surface area contributed by atoms with Crippen molar-refractivity contribution in [1.82, 2.24) is 0 Å². The third kappa shape index (κ3) is 6.44. The third-order valence-corrected chi connectivity index (χ3v) is 17.0. The van der Waals surface area contributed by atoms with Gasteiger partial charge in [-0.3, -0.25) is 0 Å². The van der Waals surface area contributed by atoms with Crippen molar-refractivity contribution in [3.05, 3.63) is 197 Å². The number of benzene rings is 9. The van der Waals surface area contributed by atoms with E-state index < -0.39 is 0 Å². The summed E-state index contributed by atoms with van der Waals surface area (Å²) in [6.07, 6.45) is 0. The molecule has 0 unspecified atom stereocenters. The van der Waals surface area contributed by atoms with Gasteiger partial charge in [0.05, 0.1) is 0 Å². The summed E-state index contributed by atoms with van der Waals surface area (Å²) in [4.78, 5) is 0. The molecule has 0 fully saturated rings. The molecule has 0 radical (unpaired) electrons. The second kappa shape index (κ2) is 15.2. The standard InChI is InChI=1S/C62H56B2Br2/c1-33-29-35(3)57(36(4)30-33)63-49-27-25-45-44-22-24-48-52(40-15-19-42(20-16-40)62(10,11)12)60(66)64(58-37(5)31-34(2)32-38(58)6)50-28-26-46(54(44)56(48)50)43-21-23-47(55(49)53(43)45)51(59(63)65)39-13-17-41(18-14-39)61(7,8)9/h13-32H,1-12H3. The second-order valence-electron chi connectivity index (χ2n) is 21.8. The average Bonchev–Trinajstić information content (AvgIpc) is 3.25. The first-order chi connectivity index (χ1) is 31.3. The third-order valence-electron chi connectivity index (χ3n) is 15.2. The van der Waals surface area contributed by atoms with E-state index in [1.165, 1.54) is 152 Å². The van der Waals surface area contributed by atoms with Gasteiger partial charge in [0.25, 0.3) is 13.4 Å². The van der Waals surface area contributed by atoms with Gasteiger partial charge in [0.2, 0.25) is 0 Å². The Bertz CT molecular complexity index is 3300. The van der Waals surface area contributed by atoms with Crippen LogP contribution in [0.3, 0.4) is 0 Å². The van der Waals surface area contributed by atoms with Crippen LogP contribution in [0.25, 0.3) is 54.2 Å². The molecule has 9 aromatic carbocycles. The lowest BCUT2D eigenvalue weighted by atomic mass is 9.36. The molecule has 2 heterocycles. The molecule has 0 aromatic heterocycles. The number of fused-ring (bicyclic) bond motifs is 2. The predicted molar refractivity (Wildman–Crippen MR) is 299 cm³/mol. The maximum atomic E-state index is 4.38. The van der Waals surface area contributed by atoms with Crippen LogP contribution in [0.15, 0.2) is 130 Å². The van der Waals surface area contributed by atoms with Gasteiger partial charge in [-0.15, -0.1) is 0 Å². The van der Waals surface area contributed by atoms with E-state index in [0.717, 1.165) is 0 Å². The Morgan fingerprint density at radius 2 is 0.667 bits per heavy atom. The van der Waals surface area contributed by atoms with E-state index in [-0.39, 0.29) is 24.3 Å². The van der Waals surface area contributed by atoms with E-state index in [0.29, 0.717) is 0 Å². The molecule has 0 saturated heterocycles. The lowest BCUT2D eigenvalue weighted by molar-refractivity contribution is 0.590. The number of rotatable bonds is 4. The minimum absolute atomic E-state index is 0.0490. The molecule has 0 N–H and O–H groups in total. The van der Waals surface area contributed by atoms with Crippen LogP contribution in [0, 0.1) is 41.5 Å². The molecule has 2 aliphatic rings. The molecule has 2 aliphatic heterocycles. The molecule has 0 atom stereocenters. The summed E-state index contributed by atoms with van der Waals surface area (Å²) in [6.45, 7) is 27.5. The molecule has 0 bridgehead atoms. The summed E-state index contributed by atoms with van der Waals surface area (Å²) >= 11 is 8.75. The molecule has 11 rings (SSSR count). The first kappa shape index (κ1) is 43.4. The smallest absolute Gasteiger partial charge is 0.0657 e. The van der Waals surface area contributed by atoms with E-state index in [4.69, 9.17) is 0 Å². The maximum absolute atomic E-state index is 4.38. The zero-order valence-corrected chi connectivity index (χ0v) is 43.6. The van der Waals surface area contributed by atoms with Crippen LogP contribution in [-0.4, -0.2) is 13.4 Å². The first-order valence-electron chi connectivity index (χ1n) is 23.7. The molecule has 66 heavy (non-hydrogen) atoms. The Balaban J connectivity index is 1.24. The summed E-state index contributed by atoms with van der Waals surface area (Å²) in [5.74, 6) is 0. The molecule has 324 valence electrons. The van der Waals surface area contributed by atoms with E-state index in [1.54, 1.807) is 0 Å². The Morgan fingerprint density at radius 3 is 0.970 bits per heavy atom. The summed E-state index contributed by atoms with van der Waals surface area (Å²) < 4.78 is 2.47. The number of halogens is 2. The normalized spacial score (nSPS) is 14.3. The van der Waals surface area contributed by atoms with Crippen LogP contribution in [0.2, 0.25) is 0 Å². The molecule has 0 nitrogen and oxygen atoms in total. The van der Waals surface area contributed by atoms with E-state index in [2.05, 4.69) is 236 Å². The highest BCUT2D eigenvalue weighted by Gasteiger charge is 2.39. The summed E-state index contributed by atoms with van der Waals surface area (Å²) in [5.41, 5.74) is 24.0. The van der Waals surface area contributed by atoms with Crippen LogP contribution in [0.5, 0.6) is 0 Å². The Hall–Kier alpha value is -5.15. The highest BCUT2D eigenvalue weighted by atomic mass is 79.9. The topological polar surface area (TPSA) is 0 Å². The quantitative estimate of drug-likeness (QED) is 0.0936. The zero-order chi connectivity index (χ0) is 46.5. The number of hydrogen-bond donors (Lipinski definition) is 0. The van der Waals surface area contributed by atoms with Crippen molar-refractivity contribution < 1.29 is 0 Å². The van der Waals surface area contributed by atoms with Gasteiger partial charge < -0.3 is 0 Å². The molecule has 0 saturated carbocycles. The van der Waals surface area contributed by atoms with Gasteiger partial charge in [0, 0.05) is 0 Å². The van der Waals surface area contributed by atoms with Crippen LogP contribution in [0.1, 0.15) is 108 Å². The van der Waals surface area contributed by atoms with E-state index in [9.17, 15) is 0 Å². The summed E-state index contributed by atoms with van der Waals surface area (Å²) in [6, 6.07) is 47.8. The minimum atomic E-state index is 0.0490. The largest absolute Gasteiger partial charge is 0.252 e. The molecule has 0 amide bonds. The first-order valence-corrected chi connectivity index (χ1v) is 25.3. The Kier molecular flexibility index (Phi) is 9.99. The van der Waals surface area contributed by atoms with Gasteiger partial charge in [0.1, 0.15) is 0 Å². The Labute approximate surface area is 409 Å². The number of aryl methyl sites for hydroxylation is 6. The molecule has 0 spiro atoms. The monoisotopic (exact) mass is 980 g/mol. The maximum Gasteiger partial charge on any atom is 0.252 e. The fourth-order valence-electron chi connectivity index (χ4n) is 12.4. The fraction of sp³-hybridized carbons (Fsp3) is 0.226. The zero-order valence-electron chi connectivity index (χ0n) is 40.5. The van der Waals surface area contributed by atoms with Crippen molar-refractivity contribution in [2.24, 2.45) is 0 Å². The second-order valence-corrected chi connectivity index (χ2v) is 23.5. The molecule has 9 aromatic rings. The van der Waals surface area contributed by atoms with Gasteiger partial charge in [0.15, 0.2) is 0 Å². The van der Waals surface area contributed by atoms with E-state index >= 15 is 0 Å². The fourth-order valence-corrected chi connectivity index (χ4v) is 14.2. The van der Waals surface area contributed by atoms with Crippen LogP contribution in [0.4, 0.5) is 0 Å². The van der Waals surface area contributed by atoms with Gasteiger partial charge in [-0.25, -0.2) is 0 Å². The lowest BCUT2D eigenvalue weighted by Crippen LogP contribution is -2.48. The lowest BCUT2D eigenvalue weighted by Gasteiger charge is -2.32. The van der Waals surface area contributed by atoms with Crippen LogP contribution in [-0.2, 0) is 10.8 Å². The van der Waals surface area contributed by atoms with Gasteiger partial charge >= 0.3 is 0 Å². The minimum Gasteiger partial charge on any atom is -0.0657 e. The SMILES string of the molecule is Cc1cc(C)c(B2C(Br)=C(c3ccc(C(C)(C)C)cc3)c3ccc4c5ccc6c7c(ccc(c8ccc2c3c84)c75)C(c2ccc(C(C)(C)C)cc2)=C(Br)B6c2c(C)cc(C)cc2C)c(C)c1. The van der Waals surface area contributed by atoms with Gasteiger partial charge in [-0.2, -0.15) is 0 Å². The molecular formula is C62H56B2Br2. The van der Waals surface area contributed by atoms with Gasteiger partial charge in [-0.1, -0.05) is 250 Å². The summed E-state index contributed by atoms with van der Waals surface area (Å²) in [7, 11) is 0. The Morgan fingerprint density at radius 1 is 0.364 bits per heavy atom. The molecule has 4 heteroatoms. The summed E-state index contributed by atoms with van der Waals surface area (Å²) in [5, 5.41) is 10.8. The molecule has 0 aliphatic carbocycles. The van der Waals surface area contributed by atoms with Crippen LogP contribution >= 0.6 is 31.9 Å². The van der Waals surface area contributed by atoms with Crippen LogP contribution < -0.4 is 21.9 Å². The predicted octanol–water partition coefficient (Wildman–Crippen LogP) is 14.8. The average molecular weight is 983 g/mol.